The molecule has 4 rings (SSSR count). The molecule has 1 heterocycles. The van der Waals surface area contributed by atoms with Gasteiger partial charge >= 0.3 is 5.97 Å². The van der Waals surface area contributed by atoms with Gasteiger partial charge in [0.1, 0.15) is 12.5 Å². The third-order valence-electron chi connectivity index (χ3n) is 6.91. The maximum Gasteiger partial charge on any atom is 0.315 e. The number of allylic oxidation sites excluding steroid dienone is 2. The monoisotopic (exact) mass is 541 g/mol. The second-order valence-electron chi connectivity index (χ2n) is 9.13. The Labute approximate surface area is 227 Å². The van der Waals surface area contributed by atoms with Crippen molar-refractivity contribution in [3.05, 3.63) is 69.9 Å². The molecule has 0 spiro atoms. The van der Waals surface area contributed by atoms with E-state index in [4.69, 9.17) is 30.8 Å². The molecule has 0 saturated carbocycles. The summed E-state index contributed by atoms with van der Waals surface area (Å²) in [6.45, 7) is 4.24. The molecule has 0 bridgehead atoms. The van der Waals surface area contributed by atoms with E-state index >= 15 is 0 Å². The minimum atomic E-state index is -0.676. The summed E-state index contributed by atoms with van der Waals surface area (Å²) in [6.07, 6.45) is 0.898. The van der Waals surface area contributed by atoms with Crippen LogP contribution in [0.1, 0.15) is 49.7 Å². The molecule has 37 heavy (non-hydrogen) atoms. The first kappa shape index (κ1) is 27.3. The number of carbonyl (C=O) groups is 2. The highest BCUT2D eigenvalue weighted by atomic mass is 35.5. The van der Waals surface area contributed by atoms with E-state index in [9.17, 15) is 9.59 Å². The van der Waals surface area contributed by atoms with Crippen molar-refractivity contribution in [1.82, 2.24) is 0 Å². The Morgan fingerprint density at radius 2 is 1.86 bits per heavy atom. The smallest absolute Gasteiger partial charge is 0.315 e. The van der Waals surface area contributed by atoms with Crippen molar-refractivity contribution in [3.8, 4) is 11.5 Å². The zero-order valence-corrected chi connectivity index (χ0v) is 23.2. The topological polar surface area (TPSA) is 74.2 Å². The second kappa shape index (κ2) is 12.2. The van der Waals surface area contributed by atoms with Gasteiger partial charge in [-0.15, -0.1) is 0 Å². The van der Waals surface area contributed by atoms with E-state index in [2.05, 4.69) is 6.92 Å². The van der Waals surface area contributed by atoms with E-state index in [1.807, 2.05) is 43.3 Å². The maximum absolute atomic E-state index is 13.8. The van der Waals surface area contributed by atoms with Gasteiger partial charge in [0.25, 0.3) is 0 Å². The summed E-state index contributed by atoms with van der Waals surface area (Å²) < 4.78 is 16.5. The summed E-state index contributed by atoms with van der Waals surface area (Å²) in [7, 11) is 3.19. The van der Waals surface area contributed by atoms with Crippen LogP contribution in [0.4, 0.5) is 0 Å². The number of halogens is 1. The van der Waals surface area contributed by atoms with Crippen LogP contribution in [-0.4, -0.2) is 49.8 Å². The zero-order valence-electron chi connectivity index (χ0n) is 21.6. The lowest BCUT2D eigenvalue weighted by molar-refractivity contribution is -0.145. The van der Waals surface area contributed by atoms with Crippen molar-refractivity contribution in [2.24, 2.45) is 10.9 Å². The number of methoxy groups -OCH3 is 2. The highest BCUT2D eigenvalue weighted by Crippen LogP contribution is 2.47. The van der Waals surface area contributed by atoms with E-state index in [0.717, 1.165) is 28.3 Å². The first-order valence-corrected chi connectivity index (χ1v) is 13.9. The number of nitrogens with zero attached hydrogens (tertiary/aromatic N) is 1. The standard InChI is InChI=1S/C29H32ClNO5S/c1-5-37-12-11-36-29(33)26-17(2)31-22-14-20(18-9-10-24(34-3)25(16-18)35-4)15-23(32)28(22)27(26)19-7-6-8-21(30)13-19/h6-10,13,16,20,26-27H,5,11-12,14-15H2,1-4H3/t20-,26?,27-/m0/s1. The highest BCUT2D eigenvalue weighted by molar-refractivity contribution is 7.99. The van der Waals surface area contributed by atoms with E-state index in [0.29, 0.717) is 47.3 Å². The van der Waals surface area contributed by atoms with Gasteiger partial charge < -0.3 is 14.2 Å². The minimum Gasteiger partial charge on any atom is -0.493 e. The van der Waals surface area contributed by atoms with Crippen LogP contribution in [0.3, 0.4) is 0 Å². The van der Waals surface area contributed by atoms with E-state index in [-0.39, 0.29) is 17.7 Å². The first-order valence-electron chi connectivity index (χ1n) is 12.4. The van der Waals surface area contributed by atoms with E-state index < -0.39 is 11.8 Å². The van der Waals surface area contributed by atoms with Gasteiger partial charge in [-0.2, -0.15) is 11.8 Å². The van der Waals surface area contributed by atoms with Crippen molar-refractivity contribution < 1.29 is 23.8 Å². The summed E-state index contributed by atoms with van der Waals surface area (Å²) >= 11 is 8.05. The van der Waals surface area contributed by atoms with Crippen molar-refractivity contribution in [2.75, 3.05) is 32.3 Å². The van der Waals surface area contributed by atoms with Crippen LogP contribution in [0.15, 0.2) is 58.7 Å². The Morgan fingerprint density at radius 1 is 1.08 bits per heavy atom. The minimum absolute atomic E-state index is 0.0124. The molecule has 1 unspecified atom stereocenters. The van der Waals surface area contributed by atoms with Crippen LogP contribution in [0, 0.1) is 5.92 Å². The van der Waals surface area contributed by atoms with Crippen molar-refractivity contribution in [1.29, 1.82) is 0 Å². The lowest BCUT2D eigenvalue weighted by atomic mass is 9.69. The zero-order chi connectivity index (χ0) is 26.5. The van der Waals surface area contributed by atoms with Crippen LogP contribution >= 0.6 is 23.4 Å². The van der Waals surface area contributed by atoms with Gasteiger partial charge in [0.2, 0.25) is 0 Å². The third-order valence-corrected chi connectivity index (χ3v) is 8.00. The molecule has 2 aliphatic rings. The number of carbonyl (C=O) groups excluding carboxylic acids is 2. The van der Waals surface area contributed by atoms with Crippen LogP contribution < -0.4 is 9.47 Å². The van der Waals surface area contributed by atoms with Gasteiger partial charge in [-0.1, -0.05) is 36.7 Å². The lowest BCUT2D eigenvalue weighted by Crippen LogP contribution is -2.38. The molecule has 0 radical (unpaired) electrons. The molecule has 8 heteroatoms. The Balaban J connectivity index is 1.71. The molecule has 1 aliphatic heterocycles. The largest absolute Gasteiger partial charge is 0.493 e. The Kier molecular flexibility index (Phi) is 8.98. The molecule has 1 aliphatic carbocycles. The number of hydrogen-bond acceptors (Lipinski definition) is 7. The fourth-order valence-electron chi connectivity index (χ4n) is 5.20. The molecule has 2 aromatic rings. The molecule has 196 valence electrons. The number of thioether (sulfide) groups is 1. The molecule has 0 amide bonds. The summed E-state index contributed by atoms with van der Waals surface area (Å²) in [5.74, 6) is 1.35. The molecule has 0 fully saturated rings. The van der Waals surface area contributed by atoms with Crippen molar-refractivity contribution >= 4 is 40.8 Å². The summed E-state index contributed by atoms with van der Waals surface area (Å²) in [4.78, 5) is 31.9. The predicted octanol–water partition coefficient (Wildman–Crippen LogP) is 6.23. The predicted molar refractivity (Wildman–Crippen MR) is 148 cm³/mol. The summed E-state index contributed by atoms with van der Waals surface area (Å²) in [5, 5.41) is 0.553. The quantitative estimate of drug-likeness (QED) is 0.277. The number of aliphatic imine (C=N–C) groups is 1. The van der Waals surface area contributed by atoms with Gasteiger partial charge in [-0.3, -0.25) is 14.6 Å². The number of ether oxygens (including phenoxy) is 3. The molecule has 0 N–H and O–H groups in total. The normalized spacial score (nSPS) is 21.3. The molecule has 0 aromatic heterocycles. The summed E-state index contributed by atoms with van der Waals surface area (Å²) in [6, 6.07) is 13.1. The van der Waals surface area contributed by atoms with Crippen molar-refractivity contribution in [3.63, 3.8) is 0 Å². The molecule has 3 atom stereocenters. The van der Waals surface area contributed by atoms with Gasteiger partial charge in [0.15, 0.2) is 17.3 Å². The second-order valence-corrected chi connectivity index (χ2v) is 11.0. The van der Waals surface area contributed by atoms with Crippen LogP contribution in [-0.2, 0) is 14.3 Å². The highest BCUT2D eigenvalue weighted by Gasteiger charge is 2.44. The number of benzene rings is 2. The molecular weight excluding hydrogens is 510 g/mol. The van der Waals surface area contributed by atoms with Gasteiger partial charge in [-0.05, 0) is 60.4 Å². The fraction of sp³-hybridized carbons (Fsp3) is 0.414. The average Bonchev–Trinajstić information content (AvgIpc) is 2.89. The summed E-state index contributed by atoms with van der Waals surface area (Å²) in [5.41, 5.74) is 3.77. The number of rotatable bonds is 9. The fourth-order valence-corrected chi connectivity index (χ4v) is 5.89. The van der Waals surface area contributed by atoms with E-state index in [1.54, 1.807) is 32.0 Å². The Morgan fingerprint density at radius 3 is 2.57 bits per heavy atom. The van der Waals surface area contributed by atoms with Crippen molar-refractivity contribution in [2.45, 2.75) is 38.5 Å². The average molecular weight is 542 g/mol. The Bertz CT molecular complexity index is 1240. The SMILES string of the molecule is CCSCCOC(=O)C1C(C)=NC2=C(C(=O)C[C@@H](c3ccc(OC)c(OC)c3)C2)[C@H]1c1cccc(Cl)c1. The number of hydrogen-bond donors (Lipinski definition) is 0. The lowest BCUT2D eigenvalue weighted by Gasteiger charge is -2.36. The van der Waals surface area contributed by atoms with Crippen LogP contribution in [0.2, 0.25) is 5.02 Å². The molecule has 0 saturated heterocycles. The maximum atomic E-state index is 13.8. The first-order chi connectivity index (χ1) is 17.9. The molecule has 6 nitrogen and oxygen atoms in total. The van der Waals surface area contributed by atoms with E-state index in [1.165, 1.54) is 0 Å². The number of ketones is 1. The number of Topliss-reactive ketones (excluding diaryl/α,β-unsaturated/α-hetero) is 1. The third kappa shape index (κ3) is 5.88. The van der Waals surface area contributed by atoms with Gasteiger partial charge in [-0.25, -0.2) is 0 Å². The molecular formula is C29H32ClNO5S. The van der Waals surface area contributed by atoms with Crippen LogP contribution in [0.25, 0.3) is 0 Å². The Hall–Kier alpha value is -2.77. The van der Waals surface area contributed by atoms with Gasteiger partial charge in [0, 0.05) is 40.1 Å². The van der Waals surface area contributed by atoms with Crippen LogP contribution in [0.5, 0.6) is 11.5 Å². The molecule has 2 aromatic carbocycles. The number of esters is 1. The van der Waals surface area contributed by atoms with Gasteiger partial charge in [0.05, 0.1) is 14.2 Å².